The van der Waals surface area contributed by atoms with Gasteiger partial charge in [-0.15, -0.1) is 0 Å². The Morgan fingerprint density at radius 3 is 2.52 bits per heavy atom. The molecule has 132 valence electrons. The topological polar surface area (TPSA) is 49.4 Å². The van der Waals surface area contributed by atoms with Gasteiger partial charge in [0, 0.05) is 31.1 Å². The lowest BCUT2D eigenvalue weighted by atomic mass is 9.99. The average Bonchev–Trinajstić information content (AvgIpc) is 2.65. The highest BCUT2D eigenvalue weighted by molar-refractivity contribution is 7.92. The minimum absolute atomic E-state index is 0.147. The normalized spacial score (nSPS) is 16.7. The SMILES string of the molecule is CC(CNS(=O)(=O)/C=C/c1ccccc1)N1CCc2ccccc2C1. The van der Waals surface area contributed by atoms with E-state index < -0.39 is 10.0 Å². The molecule has 1 heterocycles. The van der Waals surface area contributed by atoms with Crippen molar-refractivity contribution in [2.45, 2.75) is 25.9 Å². The summed E-state index contributed by atoms with van der Waals surface area (Å²) in [6.07, 6.45) is 2.63. The van der Waals surface area contributed by atoms with Gasteiger partial charge in [0.15, 0.2) is 0 Å². The van der Waals surface area contributed by atoms with Gasteiger partial charge in [0.1, 0.15) is 0 Å². The molecule has 0 amide bonds. The van der Waals surface area contributed by atoms with Crippen molar-refractivity contribution in [3.05, 3.63) is 76.7 Å². The van der Waals surface area contributed by atoms with Crippen LogP contribution >= 0.6 is 0 Å². The second-order valence-electron chi connectivity index (χ2n) is 6.45. The van der Waals surface area contributed by atoms with Crippen LogP contribution in [0.3, 0.4) is 0 Å². The molecule has 1 aliphatic heterocycles. The molecular formula is C20H24N2O2S. The maximum absolute atomic E-state index is 12.2. The van der Waals surface area contributed by atoms with Crippen LogP contribution in [0.2, 0.25) is 0 Å². The third kappa shape index (κ3) is 5.01. The molecule has 2 aromatic carbocycles. The van der Waals surface area contributed by atoms with E-state index in [2.05, 4.69) is 40.8 Å². The Kier molecular flexibility index (Phi) is 5.68. The van der Waals surface area contributed by atoms with Crippen LogP contribution in [0.5, 0.6) is 0 Å². The van der Waals surface area contributed by atoms with Gasteiger partial charge in [-0.25, -0.2) is 13.1 Å². The molecule has 1 atom stereocenters. The lowest BCUT2D eigenvalue weighted by Gasteiger charge is -2.33. The molecule has 0 aliphatic carbocycles. The van der Waals surface area contributed by atoms with E-state index in [1.807, 2.05) is 30.3 Å². The van der Waals surface area contributed by atoms with Gasteiger partial charge in [0.2, 0.25) is 10.0 Å². The molecule has 0 saturated heterocycles. The number of benzene rings is 2. The van der Waals surface area contributed by atoms with Crippen LogP contribution in [0.4, 0.5) is 0 Å². The Balaban J connectivity index is 1.55. The van der Waals surface area contributed by atoms with E-state index in [0.29, 0.717) is 6.54 Å². The van der Waals surface area contributed by atoms with Crippen molar-refractivity contribution in [2.75, 3.05) is 13.1 Å². The van der Waals surface area contributed by atoms with Gasteiger partial charge < -0.3 is 0 Å². The van der Waals surface area contributed by atoms with Crippen LogP contribution in [0.25, 0.3) is 6.08 Å². The highest BCUT2D eigenvalue weighted by Gasteiger charge is 2.21. The van der Waals surface area contributed by atoms with Crippen molar-refractivity contribution < 1.29 is 8.42 Å². The Hall–Kier alpha value is -1.95. The first kappa shape index (κ1) is 17.9. The molecule has 2 aromatic rings. The fraction of sp³-hybridized carbons (Fsp3) is 0.300. The van der Waals surface area contributed by atoms with Crippen LogP contribution < -0.4 is 4.72 Å². The predicted molar refractivity (Wildman–Crippen MR) is 102 cm³/mol. The summed E-state index contributed by atoms with van der Waals surface area (Å²) in [7, 11) is -3.43. The van der Waals surface area contributed by atoms with Gasteiger partial charge in [0.25, 0.3) is 0 Å². The molecule has 0 spiro atoms. The minimum atomic E-state index is -3.43. The number of nitrogens with one attached hydrogen (secondary N) is 1. The predicted octanol–water partition coefficient (Wildman–Crippen LogP) is 3.02. The number of hydrogen-bond donors (Lipinski definition) is 1. The first-order valence-corrected chi connectivity index (χ1v) is 10.1. The van der Waals surface area contributed by atoms with E-state index in [-0.39, 0.29) is 6.04 Å². The molecule has 1 N–H and O–H groups in total. The van der Waals surface area contributed by atoms with Crippen LogP contribution in [0, 0.1) is 0 Å². The molecule has 1 aliphatic rings. The van der Waals surface area contributed by atoms with E-state index in [0.717, 1.165) is 25.1 Å². The second kappa shape index (κ2) is 7.95. The maximum atomic E-state index is 12.2. The first-order chi connectivity index (χ1) is 12.0. The minimum Gasteiger partial charge on any atom is -0.295 e. The van der Waals surface area contributed by atoms with Crippen molar-refractivity contribution in [2.24, 2.45) is 0 Å². The van der Waals surface area contributed by atoms with Crippen molar-refractivity contribution in [3.63, 3.8) is 0 Å². The Labute approximate surface area is 150 Å². The van der Waals surface area contributed by atoms with Crippen molar-refractivity contribution in [1.29, 1.82) is 0 Å². The molecular weight excluding hydrogens is 332 g/mol. The van der Waals surface area contributed by atoms with Gasteiger partial charge >= 0.3 is 0 Å². The average molecular weight is 356 g/mol. The van der Waals surface area contributed by atoms with Crippen molar-refractivity contribution in [1.82, 2.24) is 9.62 Å². The Morgan fingerprint density at radius 2 is 1.76 bits per heavy atom. The van der Waals surface area contributed by atoms with Crippen LogP contribution in [-0.4, -0.2) is 32.4 Å². The summed E-state index contributed by atoms with van der Waals surface area (Å²) >= 11 is 0. The molecule has 0 aromatic heterocycles. The lowest BCUT2D eigenvalue weighted by Crippen LogP contribution is -2.44. The number of fused-ring (bicyclic) bond motifs is 1. The standard InChI is InChI=1S/C20H24N2O2S/c1-17(22-13-11-19-9-5-6-10-20(19)16-22)15-21-25(23,24)14-12-18-7-3-2-4-8-18/h2-10,12,14,17,21H,11,13,15-16H2,1H3/b14-12+. The van der Waals surface area contributed by atoms with Gasteiger partial charge in [-0.1, -0.05) is 54.6 Å². The summed E-state index contributed by atoms with van der Waals surface area (Å²) < 4.78 is 27.0. The molecule has 0 radical (unpaired) electrons. The zero-order valence-corrected chi connectivity index (χ0v) is 15.2. The number of sulfonamides is 1. The van der Waals surface area contributed by atoms with Crippen LogP contribution in [0.1, 0.15) is 23.6 Å². The highest BCUT2D eigenvalue weighted by Crippen LogP contribution is 2.20. The molecule has 0 saturated carbocycles. The smallest absolute Gasteiger partial charge is 0.233 e. The lowest BCUT2D eigenvalue weighted by molar-refractivity contribution is 0.192. The maximum Gasteiger partial charge on any atom is 0.233 e. The van der Waals surface area contributed by atoms with E-state index in [9.17, 15) is 8.42 Å². The summed E-state index contributed by atoms with van der Waals surface area (Å²) in [6, 6.07) is 18.0. The Bertz CT molecular complexity index is 832. The highest BCUT2D eigenvalue weighted by atomic mass is 32.2. The number of rotatable bonds is 6. The molecule has 3 rings (SSSR count). The largest absolute Gasteiger partial charge is 0.295 e. The van der Waals surface area contributed by atoms with Crippen LogP contribution in [-0.2, 0) is 23.0 Å². The molecule has 5 heteroatoms. The molecule has 4 nitrogen and oxygen atoms in total. The first-order valence-electron chi connectivity index (χ1n) is 8.57. The Morgan fingerprint density at radius 1 is 1.08 bits per heavy atom. The quantitative estimate of drug-likeness (QED) is 0.865. The van der Waals surface area contributed by atoms with Crippen LogP contribution in [0.15, 0.2) is 60.0 Å². The summed E-state index contributed by atoms with van der Waals surface area (Å²) in [6.45, 7) is 4.31. The summed E-state index contributed by atoms with van der Waals surface area (Å²) in [5, 5.41) is 1.24. The third-order valence-corrected chi connectivity index (χ3v) is 5.67. The summed E-state index contributed by atoms with van der Waals surface area (Å²) in [4.78, 5) is 2.33. The molecule has 0 bridgehead atoms. The zero-order valence-electron chi connectivity index (χ0n) is 14.4. The number of hydrogen-bond acceptors (Lipinski definition) is 3. The zero-order chi connectivity index (χ0) is 17.7. The fourth-order valence-corrected chi connectivity index (χ4v) is 3.95. The molecule has 1 unspecified atom stereocenters. The van der Waals surface area contributed by atoms with Gasteiger partial charge in [-0.05, 0) is 36.1 Å². The summed E-state index contributed by atoms with van der Waals surface area (Å²) in [5.74, 6) is 0. The summed E-state index contributed by atoms with van der Waals surface area (Å²) in [5.41, 5.74) is 3.61. The van der Waals surface area contributed by atoms with Gasteiger partial charge in [-0.2, -0.15) is 0 Å². The third-order valence-electron chi connectivity index (χ3n) is 4.60. The van der Waals surface area contributed by atoms with E-state index in [1.54, 1.807) is 6.08 Å². The molecule has 0 fully saturated rings. The second-order valence-corrected chi connectivity index (χ2v) is 8.10. The fourth-order valence-electron chi connectivity index (χ4n) is 3.04. The van der Waals surface area contributed by atoms with E-state index in [1.165, 1.54) is 16.5 Å². The van der Waals surface area contributed by atoms with Gasteiger partial charge in [-0.3, -0.25) is 4.90 Å². The van der Waals surface area contributed by atoms with Crippen molar-refractivity contribution >= 4 is 16.1 Å². The number of nitrogens with zero attached hydrogens (tertiary/aromatic N) is 1. The van der Waals surface area contributed by atoms with E-state index in [4.69, 9.17) is 0 Å². The monoisotopic (exact) mass is 356 g/mol. The molecule has 25 heavy (non-hydrogen) atoms. The van der Waals surface area contributed by atoms with Gasteiger partial charge in [0.05, 0.1) is 0 Å². The van der Waals surface area contributed by atoms with E-state index >= 15 is 0 Å². The van der Waals surface area contributed by atoms with Crippen molar-refractivity contribution in [3.8, 4) is 0 Å².